The fraction of sp³-hybridized carbons (Fsp3) is 0.316. The Morgan fingerprint density at radius 1 is 1.24 bits per heavy atom. The molecule has 0 amide bonds. The van der Waals surface area contributed by atoms with E-state index in [4.69, 9.17) is 4.98 Å². The lowest BCUT2D eigenvalue weighted by Gasteiger charge is -2.15. The van der Waals surface area contributed by atoms with Gasteiger partial charge in [0.25, 0.3) is 5.56 Å². The Morgan fingerprint density at radius 3 is 2.56 bits per heavy atom. The first-order chi connectivity index (χ1) is 11.9. The smallest absolute Gasteiger partial charge is 0.263 e. The minimum absolute atomic E-state index is 0.0154. The van der Waals surface area contributed by atoms with Crippen molar-refractivity contribution in [3.8, 4) is 0 Å². The molecule has 4 nitrogen and oxygen atoms in total. The number of hydrogen-bond donors (Lipinski definition) is 0. The van der Waals surface area contributed by atoms with Gasteiger partial charge in [-0.15, -0.1) is 11.3 Å². The maximum Gasteiger partial charge on any atom is 0.263 e. The number of carbonyl (C=O) groups excluding carboxylic acids is 1. The molecule has 3 aromatic rings. The van der Waals surface area contributed by atoms with Crippen molar-refractivity contribution < 1.29 is 4.79 Å². The molecule has 0 aliphatic rings. The lowest BCUT2D eigenvalue weighted by Crippen LogP contribution is -2.25. The van der Waals surface area contributed by atoms with Gasteiger partial charge in [-0.3, -0.25) is 14.2 Å². The topological polar surface area (TPSA) is 52.0 Å². The number of thioether (sulfide) groups is 1. The molecule has 3 rings (SSSR count). The molecule has 2 aromatic heterocycles. The van der Waals surface area contributed by atoms with Crippen molar-refractivity contribution in [3.05, 3.63) is 56.7 Å². The number of hydrogen-bond acceptors (Lipinski definition) is 5. The molecular formula is C19H20N2O2S2. The highest BCUT2D eigenvalue weighted by Gasteiger charge is 2.19. The van der Waals surface area contributed by atoms with Crippen LogP contribution in [-0.2, 0) is 0 Å². The number of nitrogens with zero attached hydrogens (tertiary/aromatic N) is 2. The summed E-state index contributed by atoms with van der Waals surface area (Å²) in [4.78, 5) is 31.9. The largest absolute Gasteiger partial charge is 0.293 e. The Balaban J connectivity index is 1.99. The van der Waals surface area contributed by atoms with Crippen molar-refractivity contribution in [2.75, 3.05) is 5.75 Å². The third kappa shape index (κ3) is 3.41. The van der Waals surface area contributed by atoms with Crippen LogP contribution >= 0.6 is 23.1 Å². The molecule has 0 bridgehead atoms. The van der Waals surface area contributed by atoms with Crippen LogP contribution in [-0.4, -0.2) is 21.1 Å². The molecule has 25 heavy (non-hydrogen) atoms. The highest BCUT2D eigenvalue weighted by molar-refractivity contribution is 7.99. The Hall–Kier alpha value is -1.92. The van der Waals surface area contributed by atoms with Crippen LogP contribution in [0.4, 0.5) is 0 Å². The van der Waals surface area contributed by atoms with Gasteiger partial charge >= 0.3 is 0 Å². The quantitative estimate of drug-likeness (QED) is 0.372. The summed E-state index contributed by atoms with van der Waals surface area (Å²) in [5.41, 5.74) is 1.66. The van der Waals surface area contributed by atoms with Crippen LogP contribution in [0.15, 0.2) is 40.3 Å². The number of thiophene rings is 1. The summed E-state index contributed by atoms with van der Waals surface area (Å²) >= 11 is 2.87. The van der Waals surface area contributed by atoms with E-state index in [1.165, 1.54) is 23.1 Å². The molecule has 0 spiro atoms. The third-order valence-electron chi connectivity index (χ3n) is 4.15. The monoisotopic (exact) mass is 372 g/mol. The molecule has 130 valence electrons. The molecule has 0 aliphatic carbocycles. The lowest BCUT2D eigenvalue weighted by molar-refractivity contribution is 0.102. The number of benzene rings is 1. The summed E-state index contributed by atoms with van der Waals surface area (Å²) in [5.74, 6) is 0.298. The zero-order valence-electron chi connectivity index (χ0n) is 14.7. The van der Waals surface area contributed by atoms with Crippen molar-refractivity contribution in [1.82, 2.24) is 9.55 Å². The van der Waals surface area contributed by atoms with E-state index in [-0.39, 0.29) is 23.1 Å². The van der Waals surface area contributed by atoms with Crippen molar-refractivity contribution in [3.63, 3.8) is 0 Å². The molecular weight excluding hydrogens is 352 g/mol. The van der Waals surface area contributed by atoms with E-state index >= 15 is 0 Å². The van der Waals surface area contributed by atoms with Gasteiger partial charge in [-0.2, -0.15) is 0 Å². The van der Waals surface area contributed by atoms with Gasteiger partial charge in [-0.05, 0) is 33.3 Å². The van der Waals surface area contributed by atoms with E-state index in [2.05, 4.69) is 0 Å². The number of ketones is 1. The molecule has 1 aromatic carbocycles. The Labute approximate surface area is 154 Å². The molecule has 2 heterocycles. The molecule has 0 saturated heterocycles. The predicted molar refractivity (Wildman–Crippen MR) is 105 cm³/mol. The van der Waals surface area contributed by atoms with Crippen LogP contribution in [0.25, 0.3) is 10.2 Å². The van der Waals surface area contributed by atoms with Gasteiger partial charge in [0, 0.05) is 16.5 Å². The summed E-state index contributed by atoms with van der Waals surface area (Å²) < 4.78 is 1.70. The standard InChI is InChI=1S/C19H20N2O2S2/c1-11(2)21-18(23)16-12(3)13(4)25-17(16)20-19(21)24-10-15(22)14-8-6-5-7-9-14/h5-9,11H,10H2,1-4H3. The van der Waals surface area contributed by atoms with Crippen LogP contribution < -0.4 is 5.56 Å². The molecule has 0 unspecified atom stereocenters. The second-order valence-electron chi connectivity index (χ2n) is 6.20. The van der Waals surface area contributed by atoms with Gasteiger partial charge in [0.05, 0.1) is 11.1 Å². The summed E-state index contributed by atoms with van der Waals surface area (Å²) in [6, 6.07) is 9.19. The molecule has 0 radical (unpaired) electrons. The number of aromatic nitrogens is 2. The average molecular weight is 373 g/mol. The lowest BCUT2D eigenvalue weighted by atomic mass is 10.2. The van der Waals surface area contributed by atoms with Crippen molar-refractivity contribution in [2.24, 2.45) is 0 Å². The van der Waals surface area contributed by atoms with Gasteiger partial charge in [-0.1, -0.05) is 42.1 Å². The van der Waals surface area contributed by atoms with Crippen LogP contribution in [0.1, 0.15) is 40.7 Å². The van der Waals surface area contributed by atoms with E-state index in [0.717, 1.165) is 15.3 Å². The van der Waals surface area contributed by atoms with Gasteiger partial charge in [0.2, 0.25) is 0 Å². The Morgan fingerprint density at radius 2 is 1.92 bits per heavy atom. The molecule has 0 aliphatic heterocycles. The van der Waals surface area contributed by atoms with Gasteiger partial charge in [0.1, 0.15) is 4.83 Å². The van der Waals surface area contributed by atoms with E-state index < -0.39 is 0 Å². The van der Waals surface area contributed by atoms with Crippen LogP contribution in [0.3, 0.4) is 0 Å². The Bertz CT molecular complexity index is 988. The van der Waals surface area contributed by atoms with E-state index in [1.54, 1.807) is 16.7 Å². The second-order valence-corrected chi connectivity index (χ2v) is 8.35. The minimum Gasteiger partial charge on any atom is -0.293 e. The maximum atomic E-state index is 13.0. The van der Waals surface area contributed by atoms with Crippen LogP contribution in [0, 0.1) is 13.8 Å². The summed E-state index contributed by atoms with van der Waals surface area (Å²) in [5, 5.41) is 1.31. The summed E-state index contributed by atoms with van der Waals surface area (Å²) in [6.45, 7) is 7.90. The first kappa shape index (κ1) is 17.9. The molecule has 0 N–H and O–H groups in total. The third-order valence-corrected chi connectivity index (χ3v) is 6.20. The predicted octanol–water partition coefficient (Wildman–Crippen LogP) is 4.63. The fourth-order valence-corrected chi connectivity index (χ4v) is 4.78. The van der Waals surface area contributed by atoms with Gasteiger partial charge < -0.3 is 0 Å². The first-order valence-electron chi connectivity index (χ1n) is 8.13. The van der Waals surface area contributed by atoms with Crippen LogP contribution in [0.5, 0.6) is 0 Å². The highest BCUT2D eigenvalue weighted by Crippen LogP contribution is 2.29. The number of Topliss-reactive ketones (excluding diaryl/α,β-unsaturated/α-hetero) is 1. The van der Waals surface area contributed by atoms with Gasteiger partial charge in [0.15, 0.2) is 10.9 Å². The van der Waals surface area contributed by atoms with Crippen molar-refractivity contribution >= 4 is 39.1 Å². The summed E-state index contributed by atoms with van der Waals surface area (Å²) in [7, 11) is 0. The van der Waals surface area contributed by atoms with Gasteiger partial charge in [-0.25, -0.2) is 4.98 Å². The Kier molecular flexibility index (Phi) is 5.11. The minimum atomic E-state index is -0.0171. The molecule has 0 saturated carbocycles. The maximum absolute atomic E-state index is 13.0. The molecule has 0 fully saturated rings. The molecule has 0 atom stereocenters. The molecule has 6 heteroatoms. The van der Waals surface area contributed by atoms with E-state index in [0.29, 0.717) is 16.1 Å². The first-order valence-corrected chi connectivity index (χ1v) is 9.93. The number of aryl methyl sites for hydroxylation is 2. The number of rotatable bonds is 5. The number of fused-ring (bicyclic) bond motifs is 1. The number of carbonyl (C=O) groups is 1. The van der Waals surface area contributed by atoms with Crippen molar-refractivity contribution in [1.29, 1.82) is 0 Å². The summed E-state index contributed by atoms with van der Waals surface area (Å²) in [6.07, 6.45) is 0. The average Bonchev–Trinajstić information content (AvgIpc) is 2.87. The van der Waals surface area contributed by atoms with E-state index in [1.807, 2.05) is 45.9 Å². The zero-order valence-corrected chi connectivity index (χ0v) is 16.3. The highest BCUT2D eigenvalue weighted by atomic mass is 32.2. The van der Waals surface area contributed by atoms with Crippen LogP contribution in [0.2, 0.25) is 0 Å². The van der Waals surface area contributed by atoms with Crippen molar-refractivity contribution in [2.45, 2.75) is 38.9 Å². The zero-order chi connectivity index (χ0) is 18.1. The fourth-order valence-electron chi connectivity index (χ4n) is 2.68. The second kappa shape index (κ2) is 7.14. The normalized spacial score (nSPS) is 11.4. The van der Waals surface area contributed by atoms with E-state index in [9.17, 15) is 9.59 Å². The SMILES string of the molecule is Cc1sc2nc(SCC(=O)c3ccccc3)n(C(C)C)c(=O)c2c1C.